The number of carboxylic acid groups (broad SMARTS) is 1. The molecule has 0 aliphatic heterocycles. The van der Waals surface area contributed by atoms with E-state index in [0.717, 1.165) is 28.0 Å². The highest BCUT2D eigenvalue weighted by molar-refractivity contribution is 6.34. The first-order valence-electron chi connectivity index (χ1n) is 9.41. The number of ether oxygens (including phenoxy) is 1. The highest BCUT2D eigenvalue weighted by atomic mass is 35.5. The van der Waals surface area contributed by atoms with Crippen molar-refractivity contribution in [2.75, 3.05) is 7.11 Å². The van der Waals surface area contributed by atoms with Gasteiger partial charge in [0.2, 0.25) is 0 Å². The highest BCUT2D eigenvalue weighted by Gasteiger charge is 2.22. The van der Waals surface area contributed by atoms with Gasteiger partial charge in [-0.1, -0.05) is 60.1 Å². The highest BCUT2D eigenvalue weighted by Crippen LogP contribution is 2.29. The number of carbonyl (C=O) groups is 2. The first-order valence-corrected chi connectivity index (χ1v) is 9.79. The predicted molar refractivity (Wildman–Crippen MR) is 117 cm³/mol. The van der Waals surface area contributed by atoms with Crippen molar-refractivity contribution in [1.29, 1.82) is 0 Å². The fraction of sp³-hybridized carbons (Fsp3) is 0.167. The maximum atomic E-state index is 12.5. The molecule has 0 saturated heterocycles. The molecule has 0 aromatic heterocycles. The molecule has 0 spiro atoms. The zero-order valence-electron chi connectivity index (χ0n) is 16.7. The van der Waals surface area contributed by atoms with E-state index < -0.39 is 17.9 Å². The number of benzene rings is 3. The largest absolute Gasteiger partial charge is 0.496 e. The lowest BCUT2D eigenvalue weighted by molar-refractivity contribution is -0.139. The number of carbonyl (C=O) groups excluding carboxylic acids is 1. The summed E-state index contributed by atoms with van der Waals surface area (Å²) in [6.45, 7) is 1.86. The topological polar surface area (TPSA) is 75.6 Å². The fourth-order valence-electron chi connectivity index (χ4n) is 3.18. The van der Waals surface area contributed by atoms with Crippen molar-refractivity contribution in [2.45, 2.75) is 19.4 Å². The van der Waals surface area contributed by atoms with Crippen LogP contribution in [0.2, 0.25) is 5.02 Å². The number of carboxylic acids is 1. The minimum atomic E-state index is -1.11. The number of nitrogens with one attached hydrogen (secondary N) is 1. The smallest absolute Gasteiger partial charge is 0.326 e. The van der Waals surface area contributed by atoms with Crippen LogP contribution in [0.5, 0.6) is 5.75 Å². The van der Waals surface area contributed by atoms with Crippen LogP contribution >= 0.6 is 11.6 Å². The molecule has 0 fully saturated rings. The SMILES string of the molecule is COc1ccccc1-c1ccc(C[C@H](NC(=O)c2ccc(C)cc2Cl)C(=O)O)cc1. The van der Waals surface area contributed by atoms with Gasteiger partial charge >= 0.3 is 5.97 Å². The normalized spacial score (nSPS) is 11.6. The third kappa shape index (κ3) is 4.99. The Morgan fingerprint density at radius 1 is 1.07 bits per heavy atom. The zero-order chi connectivity index (χ0) is 21.7. The molecule has 0 aliphatic carbocycles. The standard InChI is InChI=1S/C24H22ClNO4/c1-15-7-12-19(20(25)13-15)23(27)26-21(24(28)29)14-16-8-10-17(11-9-16)18-5-3-4-6-22(18)30-2/h3-13,21H,14H2,1-2H3,(H,26,27)(H,28,29)/t21-/m0/s1. The van der Waals surface area contributed by atoms with Crippen molar-refractivity contribution in [2.24, 2.45) is 0 Å². The third-order valence-electron chi connectivity index (χ3n) is 4.78. The summed E-state index contributed by atoms with van der Waals surface area (Å²) in [5.41, 5.74) is 3.86. The molecule has 6 heteroatoms. The summed E-state index contributed by atoms with van der Waals surface area (Å²) in [5, 5.41) is 12.4. The number of amides is 1. The van der Waals surface area contributed by atoms with Crippen LogP contribution < -0.4 is 10.1 Å². The molecular weight excluding hydrogens is 402 g/mol. The maximum absolute atomic E-state index is 12.5. The molecule has 1 amide bonds. The van der Waals surface area contributed by atoms with Gasteiger partial charge in [-0.3, -0.25) is 4.79 Å². The fourth-order valence-corrected chi connectivity index (χ4v) is 3.50. The van der Waals surface area contributed by atoms with E-state index in [-0.39, 0.29) is 17.0 Å². The van der Waals surface area contributed by atoms with E-state index in [0.29, 0.717) is 0 Å². The summed E-state index contributed by atoms with van der Waals surface area (Å²) < 4.78 is 5.39. The van der Waals surface area contributed by atoms with Gasteiger partial charge in [-0.05, 0) is 41.8 Å². The van der Waals surface area contributed by atoms with E-state index in [4.69, 9.17) is 16.3 Å². The molecule has 154 valence electrons. The Kier molecular flexibility index (Phi) is 6.75. The van der Waals surface area contributed by atoms with Gasteiger partial charge in [0.15, 0.2) is 0 Å². The Labute approximate surface area is 180 Å². The van der Waals surface area contributed by atoms with E-state index >= 15 is 0 Å². The molecule has 3 aromatic rings. The van der Waals surface area contributed by atoms with Crippen LogP contribution in [0.15, 0.2) is 66.7 Å². The molecule has 0 bridgehead atoms. The number of aryl methyl sites for hydroxylation is 1. The van der Waals surface area contributed by atoms with Crippen LogP contribution in [0.4, 0.5) is 0 Å². The van der Waals surface area contributed by atoms with Gasteiger partial charge in [0.05, 0.1) is 17.7 Å². The summed E-state index contributed by atoms with van der Waals surface area (Å²) in [7, 11) is 1.62. The van der Waals surface area contributed by atoms with Crippen LogP contribution in [-0.2, 0) is 11.2 Å². The van der Waals surface area contributed by atoms with Crippen molar-refractivity contribution in [1.82, 2.24) is 5.32 Å². The number of hydrogen-bond donors (Lipinski definition) is 2. The Morgan fingerprint density at radius 2 is 1.77 bits per heavy atom. The summed E-state index contributed by atoms with van der Waals surface area (Å²) in [5.74, 6) is -0.866. The Balaban J connectivity index is 1.75. The molecule has 0 heterocycles. The predicted octanol–water partition coefficient (Wildman–Crippen LogP) is 4.75. The molecular formula is C24H22ClNO4. The molecule has 30 heavy (non-hydrogen) atoms. The molecule has 0 saturated carbocycles. The summed E-state index contributed by atoms with van der Waals surface area (Å²) in [6.07, 6.45) is 0.150. The quantitative estimate of drug-likeness (QED) is 0.575. The van der Waals surface area contributed by atoms with E-state index in [2.05, 4.69) is 5.32 Å². The lowest BCUT2D eigenvalue weighted by atomic mass is 10.00. The van der Waals surface area contributed by atoms with Gasteiger partial charge in [0.25, 0.3) is 5.91 Å². The van der Waals surface area contributed by atoms with Crippen molar-refractivity contribution in [3.8, 4) is 16.9 Å². The Hall–Kier alpha value is -3.31. The van der Waals surface area contributed by atoms with Gasteiger partial charge < -0.3 is 15.2 Å². The Morgan fingerprint density at radius 3 is 2.40 bits per heavy atom. The van der Waals surface area contributed by atoms with Crippen LogP contribution in [0.25, 0.3) is 11.1 Å². The minimum absolute atomic E-state index is 0.150. The minimum Gasteiger partial charge on any atom is -0.496 e. The summed E-state index contributed by atoms with van der Waals surface area (Å²) >= 11 is 6.13. The van der Waals surface area contributed by atoms with Crippen molar-refractivity contribution < 1.29 is 19.4 Å². The van der Waals surface area contributed by atoms with E-state index in [1.54, 1.807) is 25.3 Å². The van der Waals surface area contributed by atoms with Crippen molar-refractivity contribution in [3.05, 3.63) is 88.4 Å². The van der Waals surface area contributed by atoms with E-state index in [9.17, 15) is 14.7 Å². The molecule has 0 aliphatic rings. The number of hydrogen-bond acceptors (Lipinski definition) is 3. The van der Waals surface area contributed by atoms with Gasteiger partial charge in [-0.15, -0.1) is 0 Å². The van der Waals surface area contributed by atoms with Gasteiger partial charge in [-0.25, -0.2) is 4.79 Å². The second-order valence-corrected chi connectivity index (χ2v) is 7.36. The van der Waals surface area contributed by atoms with Crippen LogP contribution in [0, 0.1) is 6.92 Å². The summed E-state index contributed by atoms with van der Waals surface area (Å²) in [4.78, 5) is 24.2. The lowest BCUT2D eigenvalue weighted by Crippen LogP contribution is -2.42. The summed E-state index contributed by atoms with van der Waals surface area (Å²) in [6, 6.07) is 19.1. The van der Waals surface area contributed by atoms with Crippen molar-refractivity contribution >= 4 is 23.5 Å². The number of halogens is 1. The molecule has 3 aromatic carbocycles. The van der Waals surface area contributed by atoms with E-state index in [1.807, 2.05) is 55.5 Å². The van der Waals surface area contributed by atoms with E-state index in [1.165, 1.54) is 0 Å². The molecule has 0 radical (unpaired) electrons. The van der Waals surface area contributed by atoms with Gasteiger partial charge in [-0.2, -0.15) is 0 Å². The van der Waals surface area contributed by atoms with Gasteiger partial charge in [0.1, 0.15) is 11.8 Å². The molecule has 0 unspecified atom stereocenters. The molecule has 1 atom stereocenters. The van der Waals surface area contributed by atoms with Crippen LogP contribution in [0.1, 0.15) is 21.5 Å². The second kappa shape index (κ2) is 9.46. The van der Waals surface area contributed by atoms with Crippen LogP contribution in [0.3, 0.4) is 0 Å². The maximum Gasteiger partial charge on any atom is 0.326 e. The first-order chi connectivity index (χ1) is 14.4. The molecule has 2 N–H and O–H groups in total. The monoisotopic (exact) mass is 423 g/mol. The van der Waals surface area contributed by atoms with Gasteiger partial charge in [0, 0.05) is 12.0 Å². The lowest BCUT2D eigenvalue weighted by Gasteiger charge is -2.16. The number of para-hydroxylation sites is 1. The second-order valence-electron chi connectivity index (χ2n) is 6.95. The average molecular weight is 424 g/mol. The number of methoxy groups -OCH3 is 1. The first kappa shape index (κ1) is 21.4. The number of rotatable bonds is 7. The van der Waals surface area contributed by atoms with Crippen LogP contribution in [-0.4, -0.2) is 30.1 Å². The third-order valence-corrected chi connectivity index (χ3v) is 5.10. The average Bonchev–Trinajstić information content (AvgIpc) is 2.73. The molecule has 3 rings (SSSR count). The Bertz CT molecular complexity index is 1060. The number of aliphatic carboxylic acids is 1. The van der Waals surface area contributed by atoms with Crippen molar-refractivity contribution in [3.63, 3.8) is 0 Å². The molecule has 5 nitrogen and oxygen atoms in total. The zero-order valence-corrected chi connectivity index (χ0v) is 17.4.